The molecule has 5 nitrogen and oxygen atoms in total. The predicted octanol–water partition coefficient (Wildman–Crippen LogP) is 3.58. The Bertz CT molecular complexity index is 780. The molecular weight excluding hydrogens is 382 g/mol. The van der Waals surface area contributed by atoms with Crippen LogP contribution in [0.15, 0.2) is 27.1 Å². The van der Waals surface area contributed by atoms with Crippen LogP contribution < -0.4 is 5.32 Å². The van der Waals surface area contributed by atoms with Crippen LogP contribution in [0.4, 0.5) is 0 Å². The maximum Gasteiger partial charge on any atom is 0.329 e. The molecule has 3 rings (SSSR count). The molecule has 2 heterocycles. The van der Waals surface area contributed by atoms with Crippen LogP contribution in [-0.4, -0.2) is 34.0 Å². The van der Waals surface area contributed by atoms with Gasteiger partial charge in [-0.15, -0.1) is 0 Å². The van der Waals surface area contributed by atoms with E-state index in [4.69, 9.17) is 4.42 Å². The molecule has 0 aliphatic carbocycles. The molecule has 0 unspecified atom stereocenters. The van der Waals surface area contributed by atoms with E-state index in [9.17, 15) is 14.7 Å². The highest BCUT2D eigenvalue weighted by Crippen LogP contribution is 2.30. The van der Waals surface area contributed by atoms with Crippen LogP contribution in [0.3, 0.4) is 0 Å². The van der Waals surface area contributed by atoms with Gasteiger partial charge in [0, 0.05) is 9.86 Å². The summed E-state index contributed by atoms with van der Waals surface area (Å²) in [7, 11) is 0. The second-order valence-electron chi connectivity index (χ2n) is 5.71. The first kappa shape index (κ1) is 16.4. The van der Waals surface area contributed by atoms with Crippen LogP contribution in [0.5, 0.6) is 0 Å². The van der Waals surface area contributed by atoms with Gasteiger partial charge in [-0.1, -0.05) is 15.9 Å². The van der Waals surface area contributed by atoms with Crippen LogP contribution in [0, 0.1) is 6.92 Å². The van der Waals surface area contributed by atoms with Crippen LogP contribution >= 0.6 is 27.7 Å². The zero-order valence-corrected chi connectivity index (χ0v) is 14.9. The van der Waals surface area contributed by atoms with Crippen molar-refractivity contribution in [1.82, 2.24) is 5.32 Å². The van der Waals surface area contributed by atoms with E-state index < -0.39 is 17.4 Å². The number of nitrogens with one attached hydrogen (secondary N) is 1. The van der Waals surface area contributed by atoms with Gasteiger partial charge in [0.25, 0.3) is 5.91 Å². The predicted molar refractivity (Wildman–Crippen MR) is 93.0 cm³/mol. The van der Waals surface area contributed by atoms with E-state index in [0.717, 1.165) is 26.9 Å². The van der Waals surface area contributed by atoms with Crippen LogP contribution in [-0.2, 0) is 4.79 Å². The van der Waals surface area contributed by atoms with Gasteiger partial charge in [0.2, 0.25) is 0 Å². The quantitative estimate of drug-likeness (QED) is 0.826. The fraction of sp³-hybridized carbons (Fsp3) is 0.375. The minimum absolute atomic E-state index is 0.139. The molecule has 0 spiro atoms. The van der Waals surface area contributed by atoms with Crippen molar-refractivity contribution >= 4 is 50.5 Å². The lowest BCUT2D eigenvalue weighted by molar-refractivity contribution is -0.144. The van der Waals surface area contributed by atoms with Crippen molar-refractivity contribution in [3.63, 3.8) is 0 Å². The molecule has 1 aromatic heterocycles. The number of fused-ring (bicyclic) bond motifs is 1. The van der Waals surface area contributed by atoms with Crippen LogP contribution in [0.2, 0.25) is 0 Å². The van der Waals surface area contributed by atoms with Gasteiger partial charge >= 0.3 is 5.97 Å². The van der Waals surface area contributed by atoms with Gasteiger partial charge < -0.3 is 14.8 Å². The van der Waals surface area contributed by atoms with Crippen molar-refractivity contribution in [2.24, 2.45) is 0 Å². The summed E-state index contributed by atoms with van der Waals surface area (Å²) < 4.78 is 6.56. The fourth-order valence-corrected chi connectivity index (χ4v) is 4.57. The first-order chi connectivity index (χ1) is 10.9. The number of amides is 1. The number of hydrogen-bond acceptors (Lipinski definition) is 4. The number of thioether (sulfide) groups is 1. The Hall–Kier alpha value is -1.47. The van der Waals surface area contributed by atoms with Gasteiger partial charge in [0.05, 0.1) is 0 Å². The highest BCUT2D eigenvalue weighted by atomic mass is 79.9. The molecule has 1 aliphatic heterocycles. The number of aliphatic carboxylic acids is 1. The Morgan fingerprint density at radius 1 is 1.30 bits per heavy atom. The van der Waals surface area contributed by atoms with Gasteiger partial charge in [-0.05, 0) is 55.0 Å². The smallest absolute Gasteiger partial charge is 0.329 e. The third kappa shape index (κ3) is 3.12. The lowest BCUT2D eigenvalue weighted by atomic mass is 9.92. The van der Waals surface area contributed by atoms with Gasteiger partial charge in [-0.3, -0.25) is 4.79 Å². The molecular formula is C16H16BrNO4S. The zero-order valence-electron chi connectivity index (χ0n) is 12.5. The largest absolute Gasteiger partial charge is 0.480 e. The van der Waals surface area contributed by atoms with Crippen molar-refractivity contribution < 1.29 is 19.1 Å². The van der Waals surface area contributed by atoms with E-state index >= 15 is 0 Å². The van der Waals surface area contributed by atoms with Crippen molar-refractivity contribution in [3.05, 3.63) is 34.0 Å². The zero-order chi connectivity index (χ0) is 16.6. The van der Waals surface area contributed by atoms with E-state index in [1.165, 1.54) is 0 Å². The van der Waals surface area contributed by atoms with Crippen LogP contribution in [0.25, 0.3) is 11.0 Å². The number of halogens is 1. The Kier molecular flexibility index (Phi) is 4.42. The summed E-state index contributed by atoms with van der Waals surface area (Å²) >= 11 is 5.12. The van der Waals surface area contributed by atoms with Crippen molar-refractivity contribution in [2.75, 3.05) is 11.5 Å². The monoisotopic (exact) mass is 397 g/mol. The Morgan fingerprint density at radius 2 is 2.00 bits per heavy atom. The molecule has 1 aromatic carbocycles. The van der Waals surface area contributed by atoms with Gasteiger partial charge in [0.1, 0.15) is 11.1 Å². The number of carbonyl (C=O) groups is 2. The highest BCUT2D eigenvalue weighted by Gasteiger charge is 2.41. The Morgan fingerprint density at radius 3 is 2.65 bits per heavy atom. The molecule has 7 heteroatoms. The minimum Gasteiger partial charge on any atom is -0.480 e. The second kappa shape index (κ2) is 6.20. The molecule has 0 atom stereocenters. The summed E-state index contributed by atoms with van der Waals surface area (Å²) in [6.45, 7) is 1.90. The highest BCUT2D eigenvalue weighted by molar-refractivity contribution is 9.10. The standard InChI is InChI=1S/C16H16BrNO4S/c1-9-6-11(17)7-10-8-12(22-13(9)10)14(19)18-16(15(20)21)2-4-23-5-3-16/h6-8H,2-5H2,1H3,(H,18,19)(H,20,21). The molecule has 0 saturated carbocycles. The summed E-state index contributed by atoms with van der Waals surface area (Å²) in [5.74, 6) is 0.115. The van der Waals surface area contributed by atoms with Gasteiger partial charge in [0.15, 0.2) is 5.76 Å². The first-order valence-electron chi connectivity index (χ1n) is 7.25. The number of carboxylic acids is 1. The van der Waals surface area contributed by atoms with Crippen molar-refractivity contribution in [1.29, 1.82) is 0 Å². The third-order valence-corrected chi connectivity index (χ3v) is 5.54. The van der Waals surface area contributed by atoms with Crippen molar-refractivity contribution in [3.8, 4) is 0 Å². The lowest BCUT2D eigenvalue weighted by Crippen LogP contribution is -2.56. The van der Waals surface area contributed by atoms with E-state index in [-0.39, 0.29) is 5.76 Å². The summed E-state index contributed by atoms with van der Waals surface area (Å²) in [6.07, 6.45) is 0.840. The van der Waals surface area contributed by atoms with Crippen molar-refractivity contribution in [2.45, 2.75) is 25.3 Å². The number of carboxylic acid groups (broad SMARTS) is 1. The normalized spacial score (nSPS) is 17.1. The first-order valence-corrected chi connectivity index (χ1v) is 9.19. The number of rotatable bonds is 3. The fourth-order valence-electron chi connectivity index (χ4n) is 2.79. The Balaban J connectivity index is 1.91. The minimum atomic E-state index is -1.20. The summed E-state index contributed by atoms with van der Waals surface area (Å²) in [5.41, 5.74) is 0.356. The molecule has 0 radical (unpaired) electrons. The summed E-state index contributed by atoms with van der Waals surface area (Å²) in [5, 5.41) is 13.0. The maximum atomic E-state index is 12.5. The molecule has 2 aromatic rings. The molecule has 1 aliphatic rings. The number of aryl methyl sites for hydroxylation is 1. The van der Waals surface area contributed by atoms with E-state index in [0.29, 0.717) is 18.4 Å². The number of furan rings is 1. The Labute approximate surface area is 145 Å². The molecule has 1 saturated heterocycles. The molecule has 23 heavy (non-hydrogen) atoms. The maximum absolute atomic E-state index is 12.5. The molecule has 1 amide bonds. The van der Waals surface area contributed by atoms with E-state index in [1.54, 1.807) is 17.8 Å². The number of carbonyl (C=O) groups excluding carboxylic acids is 1. The van der Waals surface area contributed by atoms with E-state index in [1.807, 2.05) is 19.1 Å². The molecule has 0 bridgehead atoms. The van der Waals surface area contributed by atoms with Crippen LogP contribution in [0.1, 0.15) is 29.0 Å². The average Bonchev–Trinajstić information content (AvgIpc) is 2.92. The topological polar surface area (TPSA) is 79.5 Å². The van der Waals surface area contributed by atoms with Gasteiger partial charge in [-0.2, -0.15) is 11.8 Å². The second-order valence-corrected chi connectivity index (χ2v) is 7.85. The third-order valence-electron chi connectivity index (χ3n) is 4.10. The summed E-state index contributed by atoms with van der Waals surface area (Å²) in [6, 6.07) is 5.42. The molecule has 122 valence electrons. The number of hydrogen-bond donors (Lipinski definition) is 2. The molecule has 2 N–H and O–H groups in total. The SMILES string of the molecule is Cc1cc(Br)cc2cc(C(=O)NC3(C(=O)O)CCSCC3)oc12. The average molecular weight is 398 g/mol. The van der Waals surface area contributed by atoms with E-state index in [2.05, 4.69) is 21.2 Å². The molecule has 1 fully saturated rings. The number of benzene rings is 1. The van der Waals surface area contributed by atoms with Gasteiger partial charge in [-0.25, -0.2) is 4.79 Å². The summed E-state index contributed by atoms with van der Waals surface area (Å²) in [4.78, 5) is 24.2. The lowest BCUT2D eigenvalue weighted by Gasteiger charge is -2.33.